The first kappa shape index (κ1) is 11.0. The van der Waals surface area contributed by atoms with Crippen molar-refractivity contribution in [3.63, 3.8) is 0 Å². The van der Waals surface area contributed by atoms with Gasteiger partial charge in [0, 0.05) is 6.07 Å². The molecule has 15 heavy (non-hydrogen) atoms. The van der Waals surface area contributed by atoms with E-state index in [1.807, 2.05) is 19.9 Å². The minimum atomic E-state index is 0.744. The van der Waals surface area contributed by atoms with E-state index in [0.717, 1.165) is 24.8 Å². The van der Waals surface area contributed by atoms with E-state index in [9.17, 15) is 0 Å². The zero-order valence-electron chi connectivity index (χ0n) is 8.06. The van der Waals surface area contributed by atoms with Crippen LogP contribution in [-0.2, 0) is 0 Å². The highest BCUT2D eigenvalue weighted by atomic mass is 79.9. The van der Waals surface area contributed by atoms with Crippen molar-refractivity contribution in [1.82, 2.24) is 20.2 Å². The van der Waals surface area contributed by atoms with Gasteiger partial charge in [-0.2, -0.15) is 0 Å². The summed E-state index contributed by atoms with van der Waals surface area (Å²) in [5.74, 6) is 0.744. The van der Waals surface area contributed by atoms with Crippen LogP contribution in [0.5, 0.6) is 0 Å². The standard InChI is InChI=1S/C8H7BrN4S2/c1-4-10-6(9)3-7(11-4)15-8-13-12-5(2)14-8/h3H,1-2H3. The summed E-state index contributed by atoms with van der Waals surface area (Å²) in [5, 5.41) is 9.82. The number of aromatic nitrogens is 4. The van der Waals surface area contributed by atoms with Gasteiger partial charge in [0.1, 0.15) is 20.5 Å². The maximum absolute atomic E-state index is 4.30. The molecule has 4 nitrogen and oxygen atoms in total. The Hall–Kier alpha value is -0.530. The molecule has 0 unspecified atom stereocenters. The van der Waals surface area contributed by atoms with Gasteiger partial charge in [-0.25, -0.2) is 9.97 Å². The molecular formula is C8H7BrN4S2. The van der Waals surface area contributed by atoms with Crippen LogP contribution in [0.15, 0.2) is 20.0 Å². The number of rotatable bonds is 2. The Bertz CT molecular complexity index is 465. The molecule has 0 spiro atoms. The number of hydrogen-bond acceptors (Lipinski definition) is 6. The normalized spacial score (nSPS) is 10.6. The lowest BCUT2D eigenvalue weighted by atomic mass is 10.6. The summed E-state index contributed by atoms with van der Waals surface area (Å²) in [6.45, 7) is 3.79. The number of halogens is 1. The van der Waals surface area contributed by atoms with Crippen LogP contribution in [0.25, 0.3) is 0 Å². The SMILES string of the molecule is Cc1nc(Br)cc(Sc2nnc(C)s2)n1. The van der Waals surface area contributed by atoms with Crippen molar-refractivity contribution in [1.29, 1.82) is 0 Å². The van der Waals surface area contributed by atoms with Crippen LogP contribution >= 0.6 is 39.0 Å². The van der Waals surface area contributed by atoms with Crippen LogP contribution in [0.4, 0.5) is 0 Å². The summed E-state index contributed by atoms with van der Waals surface area (Å²) in [6.07, 6.45) is 0. The Labute approximate surface area is 104 Å². The van der Waals surface area contributed by atoms with E-state index in [1.54, 1.807) is 11.3 Å². The molecule has 0 saturated carbocycles. The molecule has 2 rings (SSSR count). The molecule has 0 aliphatic rings. The fraction of sp³-hybridized carbons (Fsp3) is 0.250. The smallest absolute Gasteiger partial charge is 0.180 e. The first-order valence-electron chi connectivity index (χ1n) is 4.12. The summed E-state index contributed by atoms with van der Waals surface area (Å²) >= 11 is 6.39. The summed E-state index contributed by atoms with van der Waals surface area (Å²) in [5.41, 5.74) is 0. The Morgan fingerprint density at radius 1 is 1.27 bits per heavy atom. The molecule has 0 saturated heterocycles. The Kier molecular flexibility index (Phi) is 3.32. The van der Waals surface area contributed by atoms with E-state index in [-0.39, 0.29) is 0 Å². The molecule has 0 fully saturated rings. The maximum Gasteiger partial charge on any atom is 0.180 e. The zero-order chi connectivity index (χ0) is 10.8. The minimum Gasteiger partial charge on any atom is -0.226 e. The second-order valence-electron chi connectivity index (χ2n) is 2.77. The lowest BCUT2D eigenvalue weighted by molar-refractivity contribution is 0.942. The predicted octanol–water partition coefficient (Wildman–Crippen LogP) is 2.86. The minimum absolute atomic E-state index is 0.744. The number of aryl methyl sites for hydroxylation is 2. The summed E-state index contributed by atoms with van der Waals surface area (Å²) in [4.78, 5) is 8.44. The molecule has 78 valence electrons. The Balaban J connectivity index is 2.24. The molecule has 0 aliphatic carbocycles. The topological polar surface area (TPSA) is 51.6 Å². The molecular weight excluding hydrogens is 296 g/mol. The first-order chi connectivity index (χ1) is 7.13. The van der Waals surface area contributed by atoms with E-state index < -0.39 is 0 Å². The number of nitrogens with zero attached hydrogens (tertiary/aromatic N) is 4. The fourth-order valence-electron chi connectivity index (χ4n) is 0.967. The third-order valence-corrected chi connectivity index (χ3v) is 3.70. The highest BCUT2D eigenvalue weighted by Gasteiger charge is 2.06. The average molecular weight is 303 g/mol. The van der Waals surface area contributed by atoms with Gasteiger partial charge in [0.25, 0.3) is 0 Å². The van der Waals surface area contributed by atoms with Crippen molar-refractivity contribution in [3.05, 3.63) is 21.5 Å². The third-order valence-electron chi connectivity index (χ3n) is 1.48. The summed E-state index contributed by atoms with van der Waals surface area (Å²) < 4.78 is 1.69. The molecule has 0 N–H and O–H groups in total. The molecule has 2 aromatic heterocycles. The highest BCUT2D eigenvalue weighted by molar-refractivity contribution is 9.10. The quantitative estimate of drug-likeness (QED) is 0.799. The van der Waals surface area contributed by atoms with Crippen molar-refractivity contribution < 1.29 is 0 Å². The van der Waals surface area contributed by atoms with Gasteiger partial charge in [0.15, 0.2) is 4.34 Å². The van der Waals surface area contributed by atoms with Gasteiger partial charge in [-0.15, -0.1) is 10.2 Å². The van der Waals surface area contributed by atoms with Crippen LogP contribution in [0, 0.1) is 13.8 Å². The lowest BCUT2D eigenvalue weighted by Crippen LogP contribution is -1.89. The van der Waals surface area contributed by atoms with Crippen molar-refractivity contribution in [2.75, 3.05) is 0 Å². The van der Waals surface area contributed by atoms with Crippen LogP contribution < -0.4 is 0 Å². The molecule has 0 aromatic carbocycles. The van der Waals surface area contributed by atoms with Crippen molar-refractivity contribution in [3.8, 4) is 0 Å². The van der Waals surface area contributed by atoms with Gasteiger partial charge in [-0.1, -0.05) is 11.3 Å². The maximum atomic E-state index is 4.30. The van der Waals surface area contributed by atoms with Crippen LogP contribution in [-0.4, -0.2) is 20.2 Å². The highest BCUT2D eigenvalue weighted by Crippen LogP contribution is 2.29. The Morgan fingerprint density at radius 3 is 2.67 bits per heavy atom. The van der Waals surface area contributed by atoms with Gasteiger partial charge in [-0.05, 0) is 41.5 Å². The molecule has 2 aromatic rings. The van der Waals surface area contributed by atoms with E-state index >= 15 is 0 Å². The van der Waals surface area contributed by atoms with Crippen LogP contribution in [0.3, 0.4) is 0 Å². The summed E-state index contributed by atoms with van der Waals surface area (Å²) in [6, 6.07) is 1.87. The van der Waals surface area contributed by atoms with Crippen LogP contribution in [0.1, 0.15) is 10.8 Å². The molecule has 0 radical (unpaired) electrons. The van der Waals surface area contributed by atoms with Crippen molar-refractivity contribution in [2.45, 2.75) is 23.2 Å². The summed E-state index contributed by atoms with van der Waals surface area (Å²) in [7, 11) is 0. The second-order valence-corrected chi connectivity index (χ2v) is 6.03. The molecule has 0 amide bonds. The van der Waals surface area contributed by atoms with E-state index in [4.69, 9.17) is 0 Å². The van der Waals surface area contributed by atoms with Gasteiger partial charge < -0.3 is 0 Å². The van der Waals surface area contributed by atoms with E-state index in [1.165, 1.54) is 11.8 Å². The van der Waals surface area contributed by atoms with Gasteiger partial charge in [-0.3, -0.25) is 0 Å². The molecule has 0 atom stereocenters. The van der Waals surface area contributed by atoms with E-state index in [0.29, 0.717) is 0 Å². The third kappa shape index (κ3) is 2.96. The lowest BCUT2D eigenvalue weighted by Gasteiger charge is -1.98. The molecule has 0 bridgehead atoms. The zero-order valence-corrected chi connectivity index (χ0v) is 11.3. The molecule has 2 heterocycles. The molecule has 0 aliphatic heterocycles. The monoisotopic (exact) mass is 302 g/mol. The largest absolute Gasteiger partial charge is 0.226 e. The van der Waals surface area contributed by atoms with Gasteiger partial charge in [0.2, 0.25) is 0 Å². The van der Waals surface area contributed by atoms with E-state index in [2.05, 4.69) is 36.1 Å². The van der Waals surface area contributed by atoms with Crippen molar-refractivity contribution >= 4 is 39.0 Å². The van der Waals surface area contributed by atoms with Crippen LogP contribution in [0.2, 0.25) is 0 Å². The molecule has 7 heteroatoms. The fourth-order valence-corrected chi connectivity index (χ4v) is 3.40. The van der Waals surface area contributed by atoms with Gasteiger partial charge >= 0.3 is 0 Å². The Morgan fingerprint density at radius 2 is 2.07 bits per heavy atom. The first-order valence-corrected chi connectivity index (χ1v) is 6.55. The predicted molar refractivity (Wildman–Crippen MR) is 63.2 cm³/mol. The van der Waals surface area contributed by atoms with Crippen molar-refractivity contribution in [2.24, 2.45) is 0 Å². The van der Waals surface area contributed by atoms with Gasteiger partial charge in [0.05, 0.1) is 0 Å². The average Bonchev–Trinajstić information content (AvgIpc) is 2.49. The number of hydrogen-bond donors (Lipinski definition) is 0. The second kappa shape index (κ2) is 4.54.